The van der Waals surface area contributed by atoms with Gasteiger partial charge in [0.2, 0.25) is 5.71 Å². The fourth-order valence-electron chi connectivity index (χ4n) is 5.62. The third-order valence-electron chi connectivity index (χ3n) is 7.75. The molecule has 0 spiro atoms. The third-order valence-corrected chi connectivity index (χ3v) is 12.1. The second-order valence-corrected chi connectivity index (χ2v) is 23.3. The van der Waals surface area contributed by atoms with Crippen LogP contribution in [0.4, 0.5) is 0 Å². The van der Waals surface area contributed by atoms with Crippen molar-refractivity contribution in [2.24, 2.45) is 13.0 Å². The van der Waals surface area contributed by atoms with E-state index in [1.54, 1.807) is 10.6 Å². The number of furan rings is 1. The Kier molecular flexibility index (Phi) is 9.73. The van der Waals surface area contributed by atoms with Crippen molar-refractivity contribution in [1.29, 1.82) is 0 Å². The predicted octanol–water partition coefficient (Wildman–Crippen LogP) is 8.33. The molecule has 0 aliphatic carbocycles. The molecule has 6 nitrogen and oxygen atoms in total. The Bertz CT molecular complexity index is 2090. The number of fused-ring (bicyclic) bond motifs is 4. The van der Waals surface area contributed by atoms with Gasteiger partial charge in [0.05, 0.1) is 22.4 Å². The Morgan fingerprint density at radius 3 is 2.42 bits per heavy atom. The molecule has 0 N–H and O–H groups in total. The SMILES string of the molecule is CC(C)Cc1cc(-c2[c-]cccc2)nc[c]1[Ge]([CH3])([CH3])[CH3].Cc1ccc2c(n1)oc1c(-c3nc4ccccc4n3C)[c-]ncc12.[Ir]. The third kappa shape index (κ3) is 6.81. The predicted molar refractivity (Wildman–Crippen MR) is 183 cm³/mol. The minimum absolute atomic E-state index is 0. The standard InChI is InChI=1S/C19H13N4O.C18H24GeN.Ir/c1-11-7-8-12-13-9-20-10-14(17(13)24-19(12)21-11)18-22-15-5-3-4-6-16(15)23(18)2;1-14(2)11-16-12-18(15-9-7-6-8-10-15)20-13-17(16)19(3,4)5;/h3-9H,1-2H3;6-9,12-14H,11H2,1-5H3;/q2*-1;. The first-order valence-electron chi connectivity index (χ1n) is 15.0. The van der Waals surface area contributed by atoms with Crippen LogP contribution in [-0.4, -0.2) is 37.8 Å². The molecule has 5 heterocycles. The molecule has 0 atom stereocenters. The number of benzene rings is 2. The number of pyridine rings is 3. The van der Waals surface area contributed by atoms with Gasteiger partial charge in [0, 0.05) is 38.2 Å². The van der Waals surface area contributed by atoms with E-state index in [4.69, 9.17) is 14.4 Å². The maximum Gasteiger partial charge on any atom is 0.216 e. The molecule has 0 aliphatic heterocycles. The van der Waals surface area contributed by atoms with E-state index in [0.717, 1.165) is 62.1 Å². The van der Waals surface area contributed by atoms with Gasteiger partial charge in [0.15, 0.2) is 0 Å². The fourth-order valence-corrected chi connectivity index (χ4v) is 8.95. The Morgan fingerprint density at radius 1 is 0.933 bits per heavy atom. The van der Waals surface area contributed by atoms with Crippen LogP contribution >= 0.6 is 0 Å². The Labute approximate surface area is 281 Å². The Hall–Kier alpha value is -3.65. The average Bonchev–Trinajstić information content (AvgIpc) is 3.54. The first-order valence-corrected chi connectivity index (χ1v) is 22.4. The number of rotatable bonds is 5. The maximum atomic E-state index is 6.03. The van der Waals surface area contributed by atoms with Crippen LogP contribution in [-0.2, 0) is 33.6 Å². The van der Waals surface area contributed by atoms with Gasteiger partial charge in [-0.05, 0) is 54.5 Å². The molecule has 0 saturated heterocycles. The van der Waals surface area contributed by atoms with E-state index in [-0.39, 0.29) is 20.1 Å². The van der Waals surface area contributed by atoms with Crippen LogP contribution in [0.2, 0.25) is 17.3 Å². The summed E-state index contributed by atoms with van der Waals surface area (Å²) in [7, 11) is 1.99. The summed E-state index contributed by atoms with van der Waals surface area (Å²) in [5.41, 5.74) is 8.64. The second kappa shape index (κ2) is 13.4. The number of nitrogens with zero attached hydrogens (tertiary/aromatic N) is 5. The van der Waals surface area contributed by atoms with E-state index in [1.807, 2.05) is 73.1 Å². The van der Waals surface area contributed by atoms with Crippen LogP contribution < -0.4 is 4.40 Å². The maximum absolute atomic E-state index is 6.03. The summed E-state index contributed by atoms with van der Waals surface area (Å²) in [6.45, 7) is 6.52. The molecule has 0 saturated carbocycles. The van der Waals surface area contributed by atoms with Crippen molar-refractivity contribution in [3.8, 4) is 22.6 Å². The molecule has 7 aromatic rings. The largest absolute Gasteiger partial charge is 0.486 e. The molecular formula is C37H37GeIrN5O-2. The zero-order chi connectivity index (χ0) is 31.0. The smallest absolute Gasteiger partial charge is 0.216 e. The molecule has 7 rings (SSSR count). The fraction of sp³-hybridized carbons (Fsp3) is 0.243. The molecule has 1 radical (unpaired) electrons. The number of para-hydroxylation sites is 2. The van der Waals surface area contributed by atoms with E-state index in [0.29, 0.717) is 11.6 Å². The Balaban J connectivity index is 0.000000177. The van der Waals surface area contributed by atoms with Gasteiger partial charge in [-0.25, -0.2) is 4.98 Å². The van der Waals surface area contributed by atoms with Gasteiger partial charge in [-0.1, -0.05) is 12.1 Å². The molecule has 0 unspecified atom stereocenters. The van der Waals surface area contributed by atoms with Gasteiger partial charge < -0.3 is 14.0 Å². The summed E-state index contributed by atoms with van der Waals surface area (Å²) >= 11 is -1.86. The number of aromatic nitrogens is 5. The molecule has 0 aliphatic rings. The minimum atomic E-state index is -1.86. The second-order valence-electron chi connectivity index (χ2n) is 12.7. The molecule has 0 amide bonds. The summed E-state index contributed by atoms with van der Waals surface area (Å²) in [6, 6.07) is 25.7. The summed E-state index contributed by atoms with van der Waals surface area (Å²) in [5.74, 6) is 8.78. The van der Waals surface area contributed by atoms with Crippen molar-refractivity contribution >= 4 is 50.8 Å². The topological polar surface area (TPSA) is 69.6 Å². The minimum Gasteiger partial charge on any atom is -0.486 e. The van der Waals surface area contributed by atoms with Crippen molar-refractivity contribution in [3.05, 3.63) is 103 Å². The molecule has 2 aromatic carbocycles. The van der Waals surface area contributed by atoms with Crippen molar-refractivity contribution in [1.82, 2.24) is 24.5 Å². The van der Waals surface area contributed by atoms with E-state index in [2.05, 4.69) is 71.7 Å². The molecule has 0 fully saturated rings. The van der Waals surface area contributed by atoms with Crippen LogP contribution in [0.3, 0.4) is 0 Å². The van der Waals surface area contributed by atoms with Crippen molar-refractivity contribution in [2.45, 2.75) is 44.5 Å². The monoisotopic (exact) mass is 834 g/mol. The number of imidazole rings is 1. The summed E-state index contributed by atoms with van der Waals surface area (Å²) in [6.07, 6.45) is 8.09. The summed E-state index contributed by atoms with van der Waals surface area (Å²) in [5, 5.41) is 1.88. The van der Waals surface area contributed by atoms with Crippen LogP contribution in [0, 0.1) is 25.1 Å². The summed E-state index contributed by atoms with van der Waals surface area (Å²) in [4.78, 5) is 18.2. The van der Waals surface area contributed by atoms with Crippen LogP contribution in [0.5, 0.6) is 0 Å². The summed E-state index contributed by atoms with van der Waals surface area (Å²) < 4.78 is 9.61. The van der Waals surface area contributed by atoms with Gasteiger partial charge >= 0.3 is 126 Å². The van der Waals surface area contributed by atoms with Gasteiger partial charge in [-0.2, -0.15) is 0 Å². The van der Waals surface area contributed by atoms with E-state index in [9.17, 15) is 0 Å². The zero-order valence-corrected chi connectivity index (χ0v) is 31.3. The van der Waals surface area contributed by atoms with Gasteiger partial charge in [0.25, 0.3) is 0 Å². The zero-order valence-electron chi connectivity index (χ0n) is 26.8. The normalized spacial score (nSPS) is 11.6. The molecule has 5 aromatic heterocycles. The first-order chi connectivity index (χ1) is 21.1. The van der Waals surface area contributed by atoms with E-state index < -0.39 is 13.3 Å². The van der Waals surface area contributed by atoms with Crippen LogP contribution in [0.25, 0.3) is 55.7 Å². The van der Waals surface area contributed by atoms with Crippen molar-refractivity contribution in [2.75, 3.05) is 0 Å². The van der Waals surface area contributed by atoms with Gasteiger partial charge in [0.1, 0.15) is 0 Å². The molecule has 45 heavy (non-hydrogen) atoms. The molecule has 0 bridgehead atoms. The van der Waals surface area contributed by atoms with E-state index in [1.165, 1.54) is 5.56 Å². The quantitative estimate of drug-likeness (QED) is 0.129. The Morgan fingerprint density at radius 2 is 1.71 bits per heavy atom. The molecule has 231 valence electrons. The number of aryl methyl sites for hydroxylation is 2. The van der Waals surface area contributed by atoms with Crippen molar-refractivity contribution in [3.63, 3.8) is 0 Å². The number of hydrogen-bond donors (Lipinski definition) is 0. The molecule has 8 heteroatoms. The molecular weight excluding hydrogens is 795 g/mol. The van der Waals surface area contributed by atoms with E-state index >= 15 is 0 Å². The van der Waals surface area contributed by atoms with Gasteiger partial charge in [-0.3, -0.25) is 4.98 Å². The van der Waals surface area contributed by atoms with Crippen LogP contribution in [0.15, 0.2) is 83.5 Å². The first kappa shape index (κ1) is 32.7. The van der Waals surface area contributed by atoms with Gasteiger partial charge in [-0.15, -0.1) is 0 Å². The average molecular weight is 833 g/mol. The van der Waals surface area contributed by atoms with Crippen molar-refractivity contribution < 1.29 is 24.5 Å². The van der Waals surface area contributed by atoms with Crippen LogP contribution in [0.1, 0.15) is 25.1 Å². The number of hydrogen-bond acceptors (Lipinski definition) is 5.